The third-order valence-electron chi connectivity index (χ3n) is 2.77. The molecule has 0 aromatic rings. The molecule has 1 saturated carbocycles. The summed E-state index contributed by atoms with van der Waals surface area (Å²) < 4.78 is 5.13. The van der Waals surface area contributed by atoms with Crippen molar-refractivity contribution in [3.63, 3.8) is 0 Å². The van der Waals surface area contributed by atoms with Crippen molar-refractivity contribution in [2.45, 2.75) is 52.1 Å². The van der Waals surface area contributed by atoms with E-state index in [1.165, 1.54) is 0 Å². The maximum atomic E-state index is 11.4. The second-order valence-electron chi connectivity index (χ2n) is 5.45. The number of rotatable bonds is 2. The Bertz CT molecular complexity index is 293. The van der Waals surface area contributed by atoms with Gasteiger partial charge in [-0.25, -0.2) is 4.79 Å². The number of carbonyl (C=O) groups excluding carboxylic acids is 1. The molecule has 1 fully saturated rings. The van der Waals surface area contributed by atoms with Crippen molar-refractivity contribution in [3.8, 4) is 6.07 Å². The van der Waals surface area contributed by atoms with Crippen molar-refractivity contribution in [3.05, 3.63) is 0 Å². The molecule has 1 aliphatic rings. The van der Waals surface area contributed by atoms with E-state index in [0.29, 0.717) is 6.54 Å². The fourth-order valence-electron chi connectivity index (χ4n) is 1.94. The van der Waals surface area contributed by atoms with Crippen LogP contribution in [0.2, 0.25) is 0 Å². The largest absolute Gasteiger partial charge is 0.444 e. The predicted molar refractivity (Wildman–Crippen MR) is 60.8 cm³/mol. The van der Waals surface area contributed by atoms with Gasteiger partial charge in [0, 0.05) is 6.54 Å². The number of ether oxygens (including phenoxy) is 1. The van der Waals surface area contributed by atoms with E-state index < -0.39 is 11.7 Å². The van der Waals surface area contributed by atoms with Crippen LogP contribution in [0.25, 0.3) is 0 Å². The third kappa shape index (κ3) is 3.73. The number of nitrogens with one attached hydrogen (secondary N) is 1. The lowest BCUT2D eigenvalue weighted by atomic mass is 9.88. The minimum Gasteiger partial charge on any atom is -0.444 e. The average Bonchev–Trinajstić information content (AvgIpc) is 2.61. The van der Waals surface area contributed by atoms with Crippen LogP contribution in [-0.4, -0.2) is 18.2 Å². The van der Waals surface area contributed by atoms with Gasteiger partial charge in [-0.1, -0.05) is 12.8 Å². The first kappa shape index (κ1) is 12.8. The Morgan fingerprint density at radius 1 is 1.44 bits per heavy atom. The summed E-state index contributed by atoms with van der Waals surface area (Å²) >= 11 is 0. The molecule has 1 aliphatic carbocycles. The Hall–Kier alpha value is -1.24. The molecule has 4 nitrogen and oxygen atoms in total. The quantitative estimate of drug-likeness (QED) is 0.784. The molecule has 0 aliphatic heterocycles. The molecule has 0 aromatic carbocycles. The summed E-state index contributed by atoms with van der Waals surface area (Å²) in [6.45, 7) is 5.87. The molecule has 1 rings (SSSR count). The van der Waals surface area contributed by atoms with Crippen LogP contribution in [0.5, 0.6) is 0 Å². The Kier molecular flexibility index (Phi) is 3.79. The smallest absolute Gasteiger partial charge is 0.407 e. The third-order valence-corrected chi connectivity index (χ3v) is 2.77. The number of hydrogen-bond donors (Lipinski definition) is 1. The van der Waals surface area contributed by atoms with Crippen LogP contribution in [0.3, 0.4) is 0 Å². The van der Waals surface area contributed by atoms with Gasteiger partial charge in [-0.2, -0.15) is 5.26 Å². The number of nitrogens with zero attached hydrogens (tertiary/aromatic N) is 1. The molecular formula is C12H20N2O2. The second-order valence-corrected chi connectivity index (χ2v) is 5.45. The molecule has 1 amide bonds. The summed E-state index contributed by atoms with van der Waals surface area (Å²) in [6.07, 6.45) is 3.46. The Morgan fingerprint density at radius 2 is 2.00 bits per heavy atom. The molecule has 90 valence electrons. The lowest BCUT2D eigenvalue weighted by Crippen LogP contribution is -2.38. The van der Waals surface area contributed by atoms with Gasteiger partial charge in [-0.15, -0.1) is 0 Å². The van der Waals surface area contributed by atoms with E-state index in [9.17, 15) is 4.79 Å². The first-order valence-corrected chi connectivity index (χ1v) is 5.75. The van der Waals surface area contributed by atoms with Crippen LogP contribution in [-0.2, 0) is 4.74 Å². The van der Waals surface area contributed by atoms with Crippen molar-refractivity contribution < 1.29 is 9.53 Å². The fraction of sp³-hybridized carbons (Fsp3) is 0.833. The van der Waals surface area contributed by atoms with Crippen LogP contribution in [0, 0.1) is 16.7 Å². The maximum absolute atomic E-state index is 11.4. The van der Waals surface area contributed by atoms with Crippen LogP contribution in [0.1, 0.15) is 46.5 Å². The molecule has 0 aromatic heterocycles. The molecule has 0 radical (unpaired) electrons. The van der Waals surface area contributed by atoms with Crippen LogP contribution in [0.4, 0.5) is 4.79 Å². The van der Waals surface area contributed by atoms with E-state index in [2.05, 4.69) is 11.4 Å². The predicted octanol–water partition coefficient (Wildman–Crippen LogP) is 2.60. The van der Waals surface area contributed by atoms with E-state index in [-0.39, 0.29) is 5.41 Å². The molecule has 0 saturated heterocycles. The first-order chi connectivity index (χ1) is 7.37. The highest BCUT2D eigenvalue weighted by molar-refractivity contribution is 5.67. The molecule has 0 spiro atoms. The van der Waals surface area contributed by atoms with Gasteiger partial charge in [0.2, 0.25) is 0 Å². The van der Waals surface area contributed by atoms with Gasteiger partial charge in [0.15, 0.2) is 0 Å². The first-order valence-electron chi connectivity index (χ1n) is 5.75. The van der Waals surface area contributed by atoms with Crippen LogP contribution in [0.15, 0.2) is 0 Å². The Labute approximate surface area is 97.0 Å². The van der Waals surface area contributed by atoms with Gasteiger partial charge in [-0.05, 0) is 33.6 Å². The van der Waals surface area contributed by atoms with Crippen molar-refractivity contribution in [2.75, 3.05) is 6.54 Å². The number of carbonyl (C=O) groups is 1. The van der Waals surface area contributed by atoms with Gasteiger partial charge >= 0.3 is 6.09 Å². The lowest BCUT2D eigenvalue weighted by Gasteiger charge is -2.23. The van der Waals surface area contributed by atoms with Crippen molar-refractivity contribution in [1.29, 1.82) is 5.26 Å². The SMILES string of the molecule is CC(C)(C)OC(=O)NCC1(C#N)CCCC1. The lowest BCUT2D eigenvalue weighted by molar-refractivity contribution is 0.0511. The van der Waals surface area contributed by atoms with E-state index in [0.717, 1.165) is 25.7 Å². The fourth-order valence-corrected chi connectivity index (χ4v) is 1.94. The molecular weight excluding hydrogens is 204 g/mol. The molecule has 1 N–H and O–H groups in total. The number of amides is 1. The molecule has 0 heterocycles. The monoisotopic (exact) mass is 224 g/mol. The van der Waals surface area contributed by atoms with Crippen LogP contribution < -0.4 is 5.32 Å². The highest BCUT2D eigenvalue weighted by Crippen LogP contribution is 2.36. The van der Waals surface area contributed by atoms with Gasteiger partial charge < -0.3 is 10.1 Å². The summed E-state index contributed by atoms with van der Waals surface area (Å²) in [5, 5.41) is 11.8. The van der Waals surface area contributed by atoms with Crippen molar-refractivity contribution in [2.24, 2.45) is 5.41 Å². The summed E-state index contributed by atoms with van der Waals surface area (Å²) in [6, 6.07) is 2.33. The van der Waals surface area contributed by atoms with Gasteiger partial charge in [-0.3, -0.25) is 0 Å². The summed E-state index contributed by atoms with van der Waals surface area (Å²) in [7, 11) is 0. The number of alkyl carbamates (subject to hydrolysis) is 1. The summed E-state index contributed by atoms with van der Waals surface area (Å²) in [4.78, 5) is 11.4. The normalized spacial score (nSPS) is 18.9. The molecule has 16 heavy (non-hydrogen) atoms. The van der Waals surface area contributed by atoms with E-state index >= 15 is 0 Å². The molecule has 4 heteroatoms. The topological polar surface area (TPSA) is 62.1 Å². The Balaban J connectivity index is 2.39. The summed E-state index contributed by atoms with van der Waals surface area (Å²) in [5.74, 6) is 0. The van der Waals surface area contributed by atoms with Gasteiger partial charge in [0.1, 0.15) is 5.60 Å². The van der Waals surface area contributed by atoms with E-state index in [4.69, 9.17) is 10.00 Å². The zero-order valence-electron chi connectivity index (χ0n) is 10.3. The minimum atomic E-state index is -0.487. The zero-order valence-corrected chi connectivity index (χ0v) is 10.3. The highest BCUT2D eigenvalue weighted by atomic mass is 16.6. The molecule has 0 unspecified atom stereocenters. The summed E-state index contributed by atoms with van der Waals surface area (Å²) in [5.41, 5.74) is -0.851. The number of hydrogen-bond acceptors (Lipinski definition) is 3. The Morgan fingerprint density at radius 3 is 2.44 bits per heavy atom. The van der Waals surface area contributed by atoms with Crippen LogP contribution >= 0.6 is 0 Å². The number of nitriles is 1. The standard InChI is InChI=1S/C12H20N2O2/c1-11(2,3)16-10(15)14-9-12(8-13)6-4-5-7-12/h4-7,9H2,1-3H3,(H,14,15). The van der Waals surface area contributed by atoms with Crippen molar-refractivity contribution in [1.82, 2.24) is 5.32 Å². The second kappa shape index (κ2) is 4.73. The zero-order chi connectivity index (χ0) is 12.2. The molecule has 0 atom stereocenters. The minimum absolute atomic E-state index is 0.364. The van der Waals surface area contributed by atoms with E-state index in [1.807, 2.05) is 20.8 Å². The highest BCUT2D eigenvalue weighted by Gasteiger charge is 2.34. The van der Waals surface area contributed by atoms with Crippen molar-refractivity contribution >= 4 is 6.09 Å². The average molecular weight is 224 g/mol. The maximum Gasteiger partial charge on any atom is 0.407 e. The van der Waals surface area contributed by atoms with Gasteiger partial charge in [0.05, 0.1) is 11.5 Å². The molecule has 0 bridgehead atoms. The van der Waals surface area contributed by atoms with Gasteiger partial charge in [0.25, 0.3) is 0 Å². The van der Waals surface area contributed by atoms with E-state index in [1.54, 1.807) is 0 Å².